The van der Waals surface area contributed by atoms with Gasteiger partial charge in [0.1, 0.15) is 18.2 Å². The van der Waals surface area contributed by atoms with Crippen LogP contribution in [0.2, 0.25) is 0 Å². The molecule has 1 heterocycles. The standard InChI is InChI=1S/C14H17N3O/c1-10-5-6-13(11(2)8-10)18-9-12-4-3-7-16-14(12)17-15/h3-8H,9,15H2,1-2H3,(H,16,17). The third-order valence-corrected chi connectivity index (χ3v) is 2.74. The molecule has 4 nitrogen and oxygen atoms in total. The third-order valence-electron chi connectivity index (χ3n) is 2.74. The maximum Gasteiger partial charge on any atom is 0.146 e. The number of hydrogen-bond donors (Lipinski definition) is 2. The molecule has 0 aliphatic rings. The van der Waals surface area contributed by atoms with Crippen LogP contribution in [0.4, 0.5) is 5.82 Å². The van der Waals surface area contributed by atoms with Gasteiger partial charge in [-0.05, 0) is 31.5 Å². The normalized spacial score (nSPS) is 10.2. The summed E-state index contributed by atoms with van der Waals surface area (Å²) in [5.41, 5.74) is 5.85. The van der Waals surface area contributed by atoms with Gasteiger partial charge in [-0.15, -0.1) is 0 Å². The number of aromatic nitrogens is 1. The first kappa shape index (κ1) is 12.4. The SMILES string of the molecule is Cc1ccc(OCc2cccnc2NN)c(C)c1. The first-order valence-electron chi connectivity index (χ1n) is 5.81. The van der Waals surface area contributed by atoms with Crippen molar-refractivity contribution in [3.05, 3.63) is 53.2 Å². The van der Waals surface area contributed by atoms with Crippen molar-refractivity contribution in [3.63, 3.8) is 0 Å². The second-order valence-corrected chi connectivity index (χ2v) is 4.21. The third kappa shape index (κ3) is 2.78. The van der Waals surface area contributed by atoms with Crippen molar-refractivity contribution in [1.82, 2.24) is 4.98 Å². The Morgan fingerprint density at radius 1 is 1.28 bits per heavy atom. The van der Waals surface area contributed by atoms with Gasteiger partial charge in [0.05, 0.1) is 0 Å². The van der Waals surface area contributed by atoms with Gasteiger partial charge in [0.25, 0.3) is 0 Å². The summed E-state index contributed by atoms with van der Waals surface area (Å²) in [5, 5.41) is 0. The summed E-state index contributed by atoms with van der Waals surface area (Å²) in [6, 6.07) is 9.91. The van der Waals surface area contributed by atoms with Crippen molar-refractivity contribution >= 4 is 5.82 Å². The topological polar surface area (TPSA) is 60.2 Å². The van der Waals surface area contributed by atoms with E-state index in [0.29, 0.717) is 12.4 Å². The Bertz CT molecular complexity index is 540. The zero-order valence-electron chi connectivity index (χ0n) is 10.6. The van der Waals surface area contributed by atoms with Gasteiger partial charge in [0.2, 0.25) is 0 Å². The summed E-state index contributed by atoms with van der Waals surface area (Å²) in [5.74, 6) is 6.92. The fourth-order valence-corrected chi connectivity index (χ4v) is 1.80. The van der Waals surface area contributed by atoms with E-state index >= 15 is 0 Å². The van der Waals surface area contributed by atoms with E-state index in [2.05, 4.69) is 23.4 Å². The molecule has 3 N–H and O–H groups in total. The number of pyridine rings is 1. The average molecular weight is 243 g/mol. The smallest absolute Gasteiger partial charge is 0.146 e. The van der Waals surface area contributed by atoms with Crippen LogP contribution >= 0.6 is 0 Å². The van der Waals surface area contributed by atoms with Crippen LogP contribution in [0.5, 0.6) is 5.75 Å². The number of rotatable bonds is 4. The van der Waals surface area contributed by atoms with E-state index in [4.69, 9.17) is 10.6 Å². The number of benzene rings is 1. The first-order chi connectivity index (χ1) is 8.70. The summed E-state index contributed by atoms with van der Waals surface area (Å²) in [6.07, 6.45) is 1.69. The zero-order valence-corrected chi connectivity index (χ0v) is 10.6. The molecule has 94 valence electrons. The van der Waals surface area contributed by atoms with E-state index in [1.54, 1.807) is 6.20 Å². The monoisotopic (exact) mass is 243 g/mol. The van der Waals surface area contributed by atoms with E-state index in [1.165, 1.54) is 5.56 Å². The number of nitrogen functional groups attached to an aromatic ring is 1. The van der Waals surface area contributed by atoms with Gasteiger partial charge in [-0.25, -0.2) is 10.8 Å². The van der Waals surface area contributed by atoms with E-state index in [-0.39, 0.29) is 0 Å². The second kappa shape index (κ2) is 5.51. The lowest BCUT2D eigenvalue weighted by Gasteiger charge is -2.11. The van der Waals surface area contributed by atoms with E-state index in [1.807, 2.05) is 31.2 Å². The Morgan fingerprint density at radius 2 is 2.11 bits per heavy atom. The molecule has 0 unspecified atom stereocenters. The van der Waals surface area contributed by atoms with Crippen LogP contribution in [-0.2, 0) is 6.61 Å². The van der Waals surface area contributed by atoms with Crippen LogP contribution in [0, 0.1) is 13.8 Å². The summed E-state index contributed by atoms with van der Waals surface area (Å²) in [6.45, 7) is 4.54. The van der Waals surface area contributed by atoms with Crippen molar-refractivity contribution in [1.29, 1.82) is 0 Å². The second-order valence-electron chi connectivity index (χ2n) is 4.21. The van der Waals surface area contributed by atoms with Gasteiger partial charge in [0.15, 0.2) is 0 Å². The van der Waals surface area contributed by atoms with Gasteiger partial charge < -0.3 is 10.2 Å². The van der Waals surface area contributed by atoms with Crippen LogP contribution in [0.15, 0.2) is 36.5 Å². The summed E-state index contributed by atoms with van der Waals surface area (Å²) in [7, 11) is 0. The molecule has 0 aliphatic carbocycles. The molecule has 1 aromatic carbocycles. The van der Waals surface area contributed by atoms with E-state index < -0.39 is 0 Å². The van der Waals surface area contributed by atoms with Crippen LogP contribution in [0.25, 0.3) is 0 Å². The quantitative estimate of drug-likeness (QED) is 0.640. The minimum Gasteiger partial charge on any atom is -0.488 e. The van der Waals surface area contributed by atoms with E-state index in [9.17, 15) is 0 Å². The lowest BCUT2D eigenvalue weighted by molar-refractivity contribution is 0.304. The molecule has 2 rings (SSSR count). The molecule has 0 bridgehead atoms. The Morgan fingerprint density at radius 3 is 2.83 bits per heavy atom. The van der Waals surface area contributed by atoms with Gasteiger partial charge in [-0.3, -0.25) is 0 Å². The maximum absolute atomic E-state index is 5.78. The van der Waals surface area contributed by atoms with Crippen molar-refractivity contribution in [3.8, 4) is 5.75 Å². The molecule has 0 atom stereocenters. The number of nitrogens with zero attached hydrogens (tertiary/aromatic N) is 1. The average Bonchev–Trinajstić information content (AvgIpc) is 2.38. The fraction of sp³-hybridized carbons (Fsp3) is 0.214. The van der Waals surface area contributed by atoms with Crippen molar-refractivity contribution < 1.29 is 4.74 Å². The van der Waals surface area contributed by atoms with Crippen molar-refractivity contribution in [2.24, 2.45) is 5.84 Å². The highest BCUT2D eigenvalue weighted by molar-refractivity contribution is 5.42. The lowest BCUT2D eigenvalue weighted by atomic mass is 10.1. The Labute approximate surface area is 107 Å². The van der Waals surface area contributed by atoms with Gasteiger partial charge in [-0.2, -0.15) is 0 Å². The van der Waals surface area contributed by atoms with Crippen molar-refractivity contribution in [2.45, 2.75) is 20.5 Å². The molecule has 1 aromatic heterocycles. The highest BCUT2D eigenvalue weighted by Gasteiger charge is 2.04. The Hall–Kier alpha value is -2.07. The summed E-state index contributed by atoms with van der Waals surface area (Å²) in [4.78, 5) is 4.13. The predicted molar refractivity (Wildman–Crippen MR) is 72.3 cm³/mol. The number of hydrazine groups is 1. The molecule has 0 spiro atoms. The molecule has 0 aliphatic heterocycles. The highest BCUT2D eigenvalue weighted by atomic mass is 16.5. The molecule has 2 aromatic rings. The number of nitrogens with two attached hydrogens (primary N) is 1. The molecular weight excluding hydrogens is 226 g/mol. The Kier molecular flexibility index (Phi) is 3.79. The van der Waals surface area contributed by atoms with E-state index in [0.717, 1.165) is 16.9 Å². The van der Waals surface area contributed by atoms with Gasteiger partial charge in [0, 0.05) is 11.8 Å². The summed E-state index contributed by atoms with van der Waals surface area (Å²) >= 11 is 0. The molecule has 0 radical (unpaired) electrons. The molecule has 0 saturated heterocycles. The molecular formula is C14H17N3O. The minimum atomic E-state index is 0.442. The molecule has 0 saturated carbocycles. The van der Waals surface area contributed by atoms with Crippen LogP contribution in [0.1, 0.15) is 16.7 Å². The molecule has 0 amide bonds. The lowest BCUT2D eigenvalue weighted by Crippen LogP contribution is -2.12. The van der Waals surface area contributed by atoms with Crippen LogP contribution < -0.4 is 16.0 Å². The largest absolute Gasteiger partial charge is 0.488 e. The maximum atomic E-state index is 5.78. The van der Waals surface area contributed by atoms with Crippen molar-refractivity contribution in [2.75, 3.05) is 5.43 Å². The van der Waals surface area contributed by atoms with Gasteiger partial charge in [-0.1, -0.05) is 23.8 Å². The predicted octanol–water partition coefficient (Wildman–Crippen LogP) is 2.56. The minimum absolute atomic E-state index is 0.442. The number of ether oxygens (including phenoxy) is 1. The number of hydrogen-bond acceptors (Lipinski definition) is 4. The highest BCUT2D eigenvalue weighted by Crippen LogP contribution is 2.21. The molecule has 0 fully saturated rings. The first-order valence-corrected chi connectivity index (χ1v) is 5.81. The molecule has 18 heavy (non-hydrogen) atoms. The van der Waals surface area contributed by atoms with Gasteiger partial charge >= 0.3 is 0 Å². The fourth-order valence-electron chi connectivity index (χ4n) is 1.80. The Balaban J connectivity index is 2.11. The number of anilines is 1. The number of nitrogens with one attached hydrogen (secondary N) is 1. The van der Waals surface area contributed by atoms with Crippen LogP contribution in [0.3, 0.4) is 0 Å². The van der Waals surface area contributed by atoms with Crippen LogP contribution in [-0.4, -0.2) is 4.98 Å². The summed E-state index contributed by atoms with van der Waals surface area (Å²) < 4.78 is 5.78. The number of aryl methyl sites for hydroxylation is 2. The molecule has 4 heteroatoms. The zero-order chi connectivity index (χ0) is 13.0.